The third-order valence-corrected chi connectivity index (χ3v) is 4.46. The number of hydrogen-bond donors (Lipinski definition) is 1. The van der Waals surface area contributed by atoms with Crippen molar-refractivity contribution in [3.63, 3.8) is 0 Å². The van der Waals surface area contributed by atoms with E-state index < -0.39 is 0 Å². The first-order chi connectivity index (χ1) is 10.7. The summed E-state index contributed by atoms with van der Waals surface area (Å²) in [6, 6.07) is 5.72. The number of carbonyl (C=O) groups excluding carboxylic acids is 1. The van der Waals surface area contributed by atoms with Crippen LogP contribution in [0.1, 0.15) is 19.3 Å². The number of carbonyl (C=O) groups is 1. The molecule has 1 aromatic carbocycles. The van der Waals surface area contributed by atoms with Gasteiger partial charge in [0.25, 0.3) is 0 Å². The Morgan fingerprint density at radius 3 is 2.91 bits per heavy atom. The van der Waals surface area contributed by atoms with Crippen molar-refractivity contribution in [2.75, 3.05) is 26.2 Å². The Hall–Kier alpha value is -1.59. The third kappa shape index (κ3) is 3.59. The molecule has 0 unspecified atom stereocenters. The summed E-state index contributed by atoms with van der Waals surface area (Å²) in [4.78, 5) is 14.3. The summed E-state index contributed by atoms with van der Waals surface area (Å²) in [5.41, 5.74) is 0.970. The van der Waals surface area contributed by atoms with Crippen LogP contribution in [0, 0.1) is 0 Å². The molecule has 0 bridgehead atoms. The van der Waals surface area contributed by atoms with Gasteiger partial charge in [0.1, 0.15) is 0 Å². The van der Waals surface area contributed by atoms with Crippen molar-refractivity contribution in [3.8, 4) is 0 Å². The molecule has 1 aromatic heterocycles. The van der Waals surface area contributed by atoms with Crippen LogP contribution in [0.25, 0.3) is 10.9 Å². The fraction of sp³-hybridized carbons (Fsp3) is 0.500. The molecule has 3 rings (SSSR count). The molecule has 0 saturated carbocycles. The molecule has 5 nitrogen and oxygen atoms in total. The lowest BCUT2D eigenvalue weighted by atomic mass is 10.2. The van der Waals surface area contributed by atoms with Crippen LogP contribution in [0.2, 0.25) is 5.02 Å². The van der Waals surface area contributed by atoms with E-state index in [9.17, 15) is 4.79 Å². The minimum atomic E-state index is 0.0740. The zero-order chi connectivity index (χ0) is 15.4. The zero-order valence-electron chi connectivity index (χ0n) is 12.6. The average molecular weight is 321 g/mol. The Kier molecular flexibility index (Phi) is 4.95. The van der Waals surface area contributed by atoms with Gasteiger partial charge in [-0.25, -0.2) is 0 Å². The van der Waals surface area contributed by atoms with Gasteiger partial charge in [-0.15, -0.1) is 0 Å². The van der Waals surface area contributed by atoms with Crippen LogP contribution in [0.4, 0.5) is 0 Å². The van der Waals surface area contributed by atoms with Crippen molar-refractivity contribution in [2.45, 2.75) is 25.8 Å². The van der Waals surface area contributed by atoms with Gasteiger partial charge in [0, 0.05) is 24.9 Å². The lowest BCUT2D eigenvalue weighted by Crippen LogP contribution is -2.33. The molecule has 0 spiro atoms. The molecule has 1 N–H and O–H groups in total. The number of nitrogens with one attached hydrogen (secondary N) is 1. The van der Waals surface area contributed by atoms with E-state index in [-0.39, 0.29) is 5.91 Å². The number of halogens is 1. The average Bonchev–Trinajstić information content (AvgIpc) is 3.15. The Labute approximate surface area is 135 Å². The standard InChI is InChI=1S/C16H21ClN4O/c17-14-4-3-5-15-13(14)12-19-21(15)10-6-16(22)18-7-11-20-8-1-2-9-20/h3-5,12H,1-2,6-11H2,(H,18,22). The van der Waals surface area contributed by atoms with Crippen LogP contribution in [-0.4, -0.2) is 46.8 Å². The topological polar surface area (TPSA) is 50.2 Å². The number of aromatic nitrogens is 2. The molecule has 6 heteroatoms. The van der Waals surface area contributed by atoms with E-state index in [2.05, 4.69) is 15.3 Å². The van der Waals surface area contributed by atoms with Crippen LogP contribution in [-0.2, 0) is 11.3 Å². The summed E-state index contributed by atoms with van der Waals surface area (Å²) < 4.78 is 1.83. The number of rotatable bonds is 6. The normalized spacial score (nSPS) is 15.5. The first kappa shape index (κ1) is 15.3. The van der Waals surface area contributed by atoms with Crippen molar-refractivity contribution < 1.29 is 4.79 Å². The second-order valence-corrected chi connectivity index (χ2v) is 6.10. The number of aryl methyl sites for hydroxylation is 1. The smallest absolute Gasteiger partial charge is 0.221 e. The van der Waals surface area contributed by atoms with Crippen molar-refractivity contribution in [1.29, 1.82) is 0 Å². The molecule has 0 atom stereocenters. The van der Waals surface area contributed by atoms with E-state index in [1.54, 1.807) is 6.20 Å². The monoisotopic (exact) mass is 320 g/mol. The summed E-state index contributed by atoms with van der Waals surface area (Å²) in [7, 11) is 0. The van der Waals surface area contributed by atoms with Crippen LogP contribution in [0.15, 0.2) is 24.4 Å². The lowest BCUT2D eigenvalue weighted by molar-refractivity contribution is -0.121. The van der Waals surface area contributed by atoms with Gasteiger partial charge >= 0.3 is 0 Å². The summed E-state index contributed by atoms with van der Waals surface area (Å²) in [6.07, 6.45) is 4.75. The maximum Gasteiger partial charge on any atom is 0.221 e. The maximum absolute atomic E-state index is 11.9. The molecule has 1 aliphatic heterocycles. The minimum absolute atomic E-state index is 0.0740. The minimum Gasteiger partial charge on any atom is -0.355 e. The van der Waals surface area contributed by atoms with Crippen molar-refractivity contribution in [3.05, 3.63) is 29.4 Å². The third-order valence-electron chi connectivity index (χ3n) is 4.13. The molecule has 0 radical (unpaired) electrons. The van der Waals surface area contributed by atoms with E-state index in [1.807, 2.05) is 22.9 Å². The molecular formula is C16H21ClN4O. The number of nitrogens with zero attached hydrogens (tertiary/aromatic N) is 3. The second-order valence-electron chi connectivity index (χ2n) is 5.69. The van der Waals surface area contributed by atoms with Gasteiger partial charge < -0.3 is 10.2 Å². The molecule has 2 heterocycles. The van der Waals surface area contributed by atoms with Crippen molar-refractivity contribution >= 4 is 28.4 Å². The van der Waals surface area contributed by atoms with E-state index in [0.717, 1.165) is 37.1 Å². The van der Waals surface area contributed by atoms with Gasteiger partial charge in [-0.1, -0.05) is 17.7 Å². The molecule has 0 aliphatic carbocycles. The van der Waals surface area contributed by atoms with E-state index in [0.29, 0.717) is 18.0 Å². The molecule has 1 saturated heterocycles. The Bertz CT molecular complexity index is 649. The summed E-state index contributed by atoms with van der Waals surface area (Å²) in [5.74, 6) is 0.0740. The number of likely N-dealkylation sites (tertiary alicyclic amines) is 1. The molecule has 1 fully saturated rings. The molecule has 2 aromatic rings. The first-order valence-electron chi connectivity index (χ1n) is 7.83. The summed E-state index contributed by atoms with van der Waals surface area (Å²) >= 11 is 6.13. The van der Waals surface area contributed by atoms with Crippen LogP contribution < -0.4 is 5.32 Å². The molecule has 22 heavy (non-hydrogen) atoms. The molecule has 1 amide bonds. The van der Waals surface area contributed by atoms with Gasteiger partial charge in [-0.2, -0.15) is 5.10 Å². The Morgan fingerprint density at radius 2 is 2.09 bits per heavy atom. The predicted octanol–water partition coefficient (Wildman–Crippen LogP) is 2.29. The zero-order valence-corrected chi connectivity index (χ0v) is 13.4. The van der Waals surface area contributed by atoms with Gasteiger partial charge in [0.15, 0.2) is 0 Å². The Balaban J connectivity index is 1.46. The van der Waals surface area contributed by atoms with E-state index in [1.165, 1.54) is 12.8 Å². The Morgan fingerprint density at radius 1 is 1.27 bits per heavy atom. The largest absolute Gasteiger partial charge is 0.355 e. The van der Waals surface area contributed by atoms with Gasteiger partial charge in [-0.3, -0.25) is 9.48 Å². The molecular weight excluding hydrogens is 300 g/mol. The second kappa shape index (κ2) is 7.11. The van der Waals surface area contributed by atoms with Gasteiger partial charge in [0.05, 0.1) is 23.3 Å². The van der Waals surface area contributed by atoms with Crippen molar-refractivity contribution in [2.24, 2.45) is 0 Å². The number of fused-ring (bicyclic) bond motifs is 1. The summed E-state index contributed by atoms with van der Waals surface area (Å²) in [6.45, 7) is 4.57. The van der Waals surface area contributed by atoms with Gasteiger partial charge in [-0.05, 0) is 38.1 Å². The molecule has 118 valence electrons. The van der Waals surface area contributed by atoms with E-state index >= 15 is 0 Å². The first-order valence-corrected chi connectivity index (χ1v) is 8.21. The van der Waals surface area contributed by atoms with Crippen LogP contribution >= 0.6 is 11.6 Å². The number of amides is 1. The quantitative estimate of drug-likeness (QED) is 0.888. The molecule has 1 aliphatic rings. The highest BCUT2D eigenvalue weighted by Crippen LogP contribution is 2.22. The number of benzene rings is 1. The highest BCUT2D eigenvalue weighted by molar-refractivity contribution is 6.35. The SMILES string of the molecule is O=C(CCn1ncc2c(Cl)cccc21)NCCN1CCCC1. The fourth-order valence-electron chi connectivity index (χ4n) is 2.90. The van der Waals surface area contributed by atoms with Crippen LogP contribution in [0.3, 0.4) is 0 Å². The van der Waals surface area contributed by atoms with Gasteiger partial charge in [0.2, 0.25) is 5.91 Å². The highest BCUT2D eigenvalue weighted by Gasteiger charge is 2.11. The van der Waals surface area contributed by atoms with Crippen molar-refractivity contribution in [1.82, 2.24) is 20.0 Å². The summed E-state index contributed by atoms with van der Waals surface area (Å²) in [5, 5.41) is 8.92. The predicted molar refractivity (Wildman–Crippen MR) is 88.0 cm³/mol. The lowest BCUT2D eigenvalue weighted by Gasteiger charge is -2.14. The maximum atomic E-state index is 11.9. The van der Waals surface area contributed by atoms with E-state index in [4.69, 9.17) is 11.6 Å². The fourth-order valence-corrected chi connectivity index (χ4v) is 3.12. The highest BCUT2D eigenvalue weighted by atomic mass is 35.5. The number of hydrogen-bond acceptors (Lipinski definition) is 3. The van der Waals surface area contributed by atoms with Crippen LogP contribution in [0.5, 0.6) is 0 Å².